The number of hydrogen-bond donors (Lipinski definition) is 1. The molecule has 2 rings (SSSR count). The van der Waals surface area contributed by atoms with Crippen molar-refractivity contribution in [3.8, 4) is 5.75 Å². The van der Waals surface area contributed by atoms with Gasteiger partial charge in [0.1, 0.15) is 12.4 Å². The third kappa shape index (κ3) is 3.36. The summed E-state index contributed by atoms with van der Waals surface area (Å²) in [5, 5.41) is 9.32. The summed E-state index contributed by atoms with van der Waals surface area (Å²) in [5.74, 6) is 0.696. The molecule has 0 aliphatic rings. The van der Waals surface area contributed by atoms with Crippen molar-refractivity contribution < 1.29 is 9.84 Å². The number of benzene rings is 1. The zero-order chi connectivity index (χ0) is 13.8. The second-order valence-electron chi connectivity index (χ2n) is 4.58. The Balaban J connectivity index is 2.12. The average molecular weight is 325 g/mol. The second-order valence-corrected chi connectivity index (χ2v) is 5.50. The highest BCUT2D eigenvalue weighted by Crippen LogP contribution is 2.24. The molecule has 1 N–H and O–H groups in total. The number of aliphatic hydroxyl groups excluding tert-OH is 1. The molecule has 0 unspecified atom stereocenters. The maximum atomic E-state index is 9.32. The lowest BCUT2D eigenvalue weighted by molar-refractivity contribution is 0.254. The normalized spacial score (nSPS) is 11.0. The summed E-state index contributed by atoms with van der Waals surface area (Å²) in [4.78, 5) is 4.14. The van der Waals surface area contributed by atoms with Gasteiger partial charge in [-0.2, -0.15) is 0 Å². The highest BCUT2D eigenvalue weighted by molar-refractivity contribution is 9.10. The average Bonchev–Trinajstić information content (AvgIpc) is 2.85. The molecular formula is C14H17BrN2O2. The highest BCUT2D eigenvalue weighted by atomic mass is 79.9. The summed E-state index contributed by atoms with van der Waals surface area (Å²) in [5.41, 5.74) is 1.78. The number of nitrogens with zero attached hydrogens (tertiary/aromatic N) is 2. The molecule has 0 bridgehead atoms. The van der Waals surface area contributed by atoms with Crippen LogP contribution in [0.1, 0.15) is 31.1 Å². The van der Waals surface area contributed by atoms with E-state index in [1.165, 1.54) is 0 Å². The number of imidazole rings is 1. The van der Waals surface area contributed by atoms with Crippen molar-refractivity contribution in [1.82, 2.24) is 9.55 Å². The van der Waals surface area contributed by atoms with Gasteiger partial charge < -0.3 is 14.4 Å². The number of aliphatic hydroxyl groups is 1. The fourth-order valence-electron chi connectivity index (χ4n) is 1.87. The van der Waals surface area contributed by atoms with Gasteiger partial charge in [0, 0.05) is 16.1 Å². The van der Waals surface area contributed by atoms with Crippen molar-refractivity contribution in [2.75, 3.05) is 0 Å². The van der Waals surface area contributed by atoms with Gasteiger partial charge in [-0.15, -0.1) is 0 Å². The first-order chi connectivity index (χ1) is 9.11. The minimum Gasteiger partial charge on any atom is -0.487 e. The molecule has 0 atom stereocenters. The summed E-state index contributed by atoms with van der Waals surface area (Å²) >= 11 is 3.38. The minimum absolute atomic E-state index is 0.0434. The van der Waals surface area contributed by atoms with Crippen molar-refractivity contribution in [1.29, 1.82) is 0 Å². The molecule has 0 amide bonds. The molecule has 0 saturated heterocycles. The zero-order valence-corrected chi connectivity index (χ0v) is 12.6. The summed E-state index contributed by atoms with van der Waals surface area (Å²) in [6, 6.07) is 5.96. The Morgan fingerprint density at radius 2 is 2.21 bits per heavy atom. The van der Waals surface area contributed by atoms with Gasteiger partial charge in [-0.1, -0.05) is 15.9 Å². The first kappa shape index (κ1) is 14.1. The van der Waals surface area contributed by atoms with Crippen LogP contribution in [0.5, 0.6) is 5.75 Å². The van der Waals surface area contributed by atoms with E-state index in [1.54, 1.807) is 12.5 Å². The number of halogens is 1. The summed E-state index contributed by atoms with van der Waals surface area (Å²) in [6.07, 6.45) is 3.61. The van der Waals surface area contributed by atoms with E-state index in [4.69, 9.17) is 4.74 Å². The maximum Gasteiger partial charge on any atom is 0.130 e. The number of hydrogen-bond acceptors (Lipinski definition) is 3. The Kier molecular flexibility index (Phi) is 4.61. The van der Waals surface area contributed by atoms with Crippen LogP contribution in [0.25, 0.3) is 0 Å². The molecule has 5 heteroatoms. The van der Waals surface area contributed by atoms with Crippen LogP contribution < -0.4 is 4.74 Å². The van der Waals surface area contributed by atoms with Gasteiger partial charge in [-0.05, 0) is 32.0 Å². The maximum absolute atomic E-state index is 9.32. The van der Waals surface area contributed by atoms with Crippen LogP contribution in [0, 0.1) is 0 Å². The monoisotopic (exact) mass is 324 g/mol. The Bertz CT molecular complexity index is 552. The van der Waals surface area contributed by atoms with E-state index in [0.717, 1.165) is 15.7 Å². The smallest absolute Gasteiger partial charge is 0.130 e. The minimum atomic E-state index is -0.0434. The molecular weight excluding hydrogens is 308 g/mol. The van der Waals surface area contributed by atoms with Crippen LogP contribution in [0.4, 0.5) is 0 Å². The molecule has 0 aliphatic heterocycles. The second kappa shape index (κ2) is 6.21. The number of aromatic nitrogens is 2. The molecule has 0 radical (unpaired) electrons. The third-order valence-corrected chi connectivity index (χ3v) is 3.36. The van der Waals surface area contributed by atoms with Crippen LogP contribution in [0.2, 0.25) is 0 Å². The van der Waals surface area contributed by atoms with Crippen LogP contribution in [0.3, 0.4) is 0 Å². The van der Waals surface area contributed by atoms with Gasteiger partial charge in [0.05, 0.1) is 24.8 Å². The van der Waals surface area contributed by atoms with Crippen molar-refractivity contribution in [3.05, 3.63) is 46.5 Å². The molecule has 2 aromatic rings. The molecule has 19 heavy (non-hydrogen) atoms. The Labute approximate surface area is 121 Å². The van der Waals surface area contributed by atoms with Gasteiger partial charge in [-0.3, -0.25) is 0 Å². The molecule has 1 aromatic carbocycles. The van der Waals surface area contributed by atoms with Gasteiger partial charge >= 0.3 is 0 Å². The van der Waals surface area contributed by atoms with E-state index >= 15 is 0 Å². The predicted molar refractivity (Wildman–Crippen MR) is 77.0 cm³/mol. The lowest BCUT2D eigenvalue weighted by Gasteiger charge is -2.14. The molecule has 102 valence electrons. The quantitative estimate of drug-likeness (QED) is 0.917. The SMILES string of the molecule is CC(C)n1cncc1COc1ccc(Br)cc1CO. The summed E-state index contributed by atoms with van der Waals surface area (Å²) < 4.78 is 8.77. The van der Waals surface area contributed by atoms with E-state index in [9.17, 15) is 5.11 Å². The zero-order valence-electron chi connectivity index (χ0n) is 11.0. The lowest BCUT2D eigenvalue weighted by atomic mass is 10.2. The van der Waals surface area contributed by atoms with Gasteiger partial charge in [0.25, 0.3) is 0 Å². The topological polar surface area (TPSA) is 47.3 Å². The van der Waals surface area contributed by atoms with Gasteiger partial charge in [0.15, 0.2) is 0 Å². The summed E-state index contributed by atoms with van der Waals surface area (Å²) in [6.45, 7) is 4.60. The van der Waals surface area contributed by atoms with E-state index in [-0.39, 0.29) is 6.61 Å². The lowest BCUT2D eigenvalue weighted by Crippen LogP contribution is -2.08. The van der Waals surface area contributed by atoms with Crippen molar-refractivity contribution in [3.63, 3.8) is 0 Å². The van der Waals surface area contributed by atoms with Crippen molar-refractivity contribution >= 4 is 15.9 Å². The standard InChI is InChI=1S/C14H17BrN2O2/c1-10(2)17-9-16-6-13(17)8-19-14-4-3-12(15)5-11(14)7-18/h3-6,9-10,18H,7-8H2,1-2H3. The largest absolute Gasteiger partial charge is 0.487 e. The fourth-order valence-corrected chi connectivity index (χ4v) is 2.28. The summed E-state index contributed by atoms with van der Waals surface area (Å²) in [7, 11) is 0. The molecule has 1 aromatic heterocycles. The Morgan fingerprint density at radius 3 is 2.89 bits per heavy atom. The predicted octanol–water partition coefficient (Wildman–Crippen LogP) is 3.30. The molecule has 0 spiro atoms. The van der Waals surface area contributed by atoms with Gasteiger partial charge in [0.2, 0.25) is 0 Å². The Morgan fingerprint density at radius 1 is 1.42 bits per heavy atom. The van der Waals surface area contributed by atoms with Gasteiger partial charge in [-0.25, -0.2) is 4.98 Å². The molecule has 0 aliphatic carbocycles. The first-order valence-electron chi connectivity index (χ1n) is 6.14. The van der Waals surface area contributed by atoms with Crippen molar-refractivity contribution in [2.24, 2.45) is 0 Å². The molecule has 1 heterocycles. The third-order valence-electron chi connectivity index (χ3n) is 2.87. The molecule has 4 nitrogen and oxygen atoms in total. The van der Waals surface area contributed by atoms with Crippen LogP contribution in [-0.4, -0.2) is 14.7 Å². The number of rotatable bonds is 5. The number of ether oxygens (including phenoxy) is 1. The fraction of sp³-hybridized carbons (Fsp3) is 0.357. The van der Waals surface area contributed by atoms with Crippen LogP contribution in [-0.2, 0) is 13.2 Å². The molecule has 0 fully saturated rings. The van der Waals surface area contributed by atoms with E-state index in [0.29, 0.717) is 18.4 Å². The van der Waals surface area contributed by atoms with Crippen LogP contribution >= 0.6 is 15.9 Å². The highest BCUT2D eigenvalue weighted by Gasteiger charge is 2.08. The van der Waals surface area contributed by atoms with Crippen LogP contribution in [0.15, 0.2) is 35.2 Å². The van der Waals surface area contributed by atoms with E-state index in [1.807, 2.05) is 18.2 Å². The van der Waals surface area contributed by atoms with E-state index in [2.05, 4.69) is 39.3 Å². The van der Waals surface area contributed by atoms with E-state index < -0.39 is 0 Å². The van der Waals surface area contributed by atoms with Crippen molar-refractivity contribution in [2.45, 2.75) is 33.1 Å². The Hall–Kier alpha value is -1.33. The molecule has 0 saturated carbocycles. The first-order valence-corrected chi connectivity index (χ1v) is 6.94.